The van der Waals surface area contributed by atoms with Gasteiger partial charge in [0, 0.05) is 6.04 Å². The van der Waals surface area contributed by atoms with Gasteiger partial charge in [-0.05, 0) is 55.8 Å². The van der Waals surface area contributed by atoms with Crippen molar-refractivity contribution in [3.8, 4) is 0 Å². The zero-order valence-corrected chi connectivity index (χ0v) is 11.0. The van der Waals surface area contributed by atoms with E-state index < -0.39 is 5.41 Å². The van der Waals surface area contributed by atoms with Crippen LogP contribution < -0.4 is 11.1 Å². The molecular weight excluding hydrogens is 242 g/mol. The lowest BCUT2D eigenvalue weighted by molar-refractivity contribution is -0.131. The van der Waals surface area contributed by atoms with Crippen LogP contribution in [0.4, 0.5) is 0 Å². The number of amides is 1. The molecular formula is C14H21N3O2. The Labute approximate surface area is 112 Å². The molecule has 0 aromatic rings. The van der Waals surface area contributed by atoms with E-state index in [0.717, 1.165) is 30.1 Å². The molecule has 0 aromatic carbocycles. The first-order valence-corrected chi connectivity index (χ1v) is 7.46. The van der Waals surface area contributed by atoms with E-state index in [1.54, 1.807) is 0 Å². The van der Waals surface area contributed by atoms with Crippen LogP contribution in [0, 0.1) is 29.1 Å². The Morgan fingerprint density at radius 1 is 1.26 bits per heavy atom. The zero-order valence-electron chi connectivity index (χ0n) is 11.0. The van der Waals surface area contributed by atoms with Gasteiger partial charge in [-0.25, -0.2) is 0 Å². The predicted octanol–water partition coefficient (Wildman–Crippen LogP) is 1.06. The highest BCUT2D eigenvalue weighted by atomic mass is 16.4. The van der Waals surface area contributed by atoms with Gasteiger partial charge in [0.2, 0.25) is 5.91 Å². The Balaban J connectivity index is 1.45. The maximum atomic E-state index is 12.5. The average molecular weight is 263 g/mol. The van der Waals surface area contributed by atoms with Crippen molar-refractivity contribution in [2.45, 2.75) is 44.6 Å². The van der Waals surface area contributed by atoms with Gasteiger partial charge in [0.25, 0.3) is 0 Å². The summed E-state index contributed by atoms with van der Waals surface area (Å²) in [5.74, 6) is 3.24. The summed E-state index contributed by atoms with van der Waals surface area (Å²) in [6, 6.07) is 0.378. The molecule has 0 aromatic heterocycles. The summed E-state index contributed by atoms with van der Waals surface area (Å²) in [4.78, 5) is 12.5. The molecule has 4 fully saturated rings. The number of nitrogens with zero attached hydrogens (tertiary/aromatic N) is 1. The van der Waals surface area contributed by atoms with Crippen molar-refractivity contribution in [3.63, 3.8) is 0 Å². The molecule has 0 heterocycles. The highest BCUT2D eigenvalue weighted by Gasteiger charge is 2.66. The van der Waals surface area contributed by atoms with E-state index in [4.69, 9.17) is 10.9 Å². The Morgan fingerprint density at radius 3 is 2.37 bits per heavy atom. The van der Waals surface area contributed by atoms with Crippen molar-refractivity contribution in [2.75, 3.05) is 0 Å². The van der Waals surface area contributed by atoms with E-state index >= 15 is 0 Å². The lowest BCUT2D eigenvalue weighted by Gasteiger charge is -2.38. The van der Waals surface area contributed by atoms with Crippen molar-refractivity contribution in [3.05, 3.63) is 0 Å². The Morgan fingerprint density at radius 2 is 1.89 bits per heavy atom. The van der Waals surface area contributed by atoms with Crippen LogP contribution in [0.5, 0.6) is 0 Å². The predicted molar refractivity (Wildman–Crippen MR) is 69.4 cm³/mol. The largest absolute Gasteiger partial charge is 0.409 e. The quantitative estimate of drug-likeness (QED) is 0.308. The summed E-state index contributed by atoms with van der Waals surface area (Å²) in [7, 11) is 0. The molecule has 4 saturated carbocycles. The van der Waals surface area contributed by atoms with Crippen LogP contribution in [0.25, 0.3) is 0 Å². The normalized spacial score (nSPS) is 45.5. The Hall–Kier alpha value is -1.26. The smallest absolute Gasteiger partial charge is 0.234 e. The Bertz CT molecular complexity index is 442. The van der Waals surface area contributed by atoms with Crippen LogP contribution in [0.2, 0.25) is 0 Å². The molecule has 4 unspecified atom stereocenters. The van der Waals surface area contributed by atoms with Crippen LogP contribution >= 0.6 is 0 Å². The number of oxime groups is 1. The van der Waals surface area contributed by atoms with E-state index in [1.165, 1.54) is 19.3 Å². The first-order valence-electron chi connectivity index (χ1n) is 7.46. The fourth-order valence-electron chi connectivity index (χ4n) is 5.03. The van der Waals surface area contributed by atoms with Gasteiger partial charge in [0.1, 0.15) is 5.41 Å². The highest BCUT2D eigenvalue weighted by Crippen LogP contribution is 2.65. The molecule has 5 heteroatoms. The molecule has 104 valence electrons. The summed E-state index contributed by atoms with van der Waals surface area (Å²) in [5, 5.41) is 15.2. The number of amidine groups is 1. The fraction of sp³-hybridized carbons (Fsp3) is 0.857. The van der Waals surface area contributed by atoms with Crippen molar-refractivity contribution in [2.24, 2.45) is 40.0 Å². The summed E-state index contributed by atoms with van der Waals surface area (Å²) < 4.78 is 0. The van der Waals surface area contributed by atoms with Crippen molar-refractivity contribution in [1.82, 2.24) is 5.32 Å². The van der Waals surface area contributed by atoms with Crippen molar-refractivity contribution in [1.29, 1.82) is 0 Å². The van der Waals surface area contributed by atoms with E-state index in [1.807, 2.05) is 0 Å². The van der Waals surface area contributed by atoms with Gasteiger partial charge in [-0.2, -0.15) is 0 Å². The fourth-order valence-corrected chi connectivity index (χ4v) is 5.03. The van der Waals surface area contributed by atoms with Crippen molar-refractivity contribution >= 4 is 11.7 Å². The molecule has 0 spiro atoms. The average Bonchev–Trinajstić information content (AvgIpc) is 2.75. The van der Waals surface area contributed by atoms with Gasteiger partial charge in [0.15, 0.2) is 5.84 Å². The van der Waals surface area contributed by atoms with Gasteiger partial charge < -0.3 is 16.3 Å². The molecule has 0 radical (unpaired) electrons. The van der Waals surface area contributed by atoms with E-state index in [-0.39, 0.29) is 11.7 Å². The number of carbonyl (C=O) groups is 1. The van der Waals surface area contributed by atoms with Crippen LogP contribution in [-0.4, -0.2) is 23.0 Å². The molecule has 4 aliphatic carbocycles. The third-order valence-electron chi connectivity index (χ3n) is 6.27. The minimum absolute atomic E-state index is 0.00662. The third-order valence-corrected chi connectivity index (χ3v) is 6.27. The molecule has 2 bridgehead atoms. The lowest BCUT2D eigenvalue weighted by atomic mass is 9.67. The number of carbonyl (C=O) groups excluding carboxylic acids is 1. The minimum Gasteiger partial charge on any atom is -0.409 e. The molecule has 19 heavy (non-hydrogen) atoms. The zero-order chi connectivity index (χ0) is 13.2. The third kappa shape index (κ3) is 1.36. The number of nitrogens with two attached hydrogens (primary N) is 1. The van der Waals surface area contributed by atoms with E-state index in [0.29, 0.717) is 18.9 Å². The van der Waals surface area contributed by atoms with Crippen LogP contribution in [-0.2, 0) is 4.79 Å². The summed E-state index contributed by atoms with van der Waals surface area (Å²) in [5.41, 5.74) is 5.01. The van der Waals surface area contributed by atoms with Crippen LogP contribution in [0.3, 0.4) is 0 Å². The molecule has 4 aliphatic rings. The second-order valence-corrected chi connectivity index (χ2v) is 6.91. The molecule has 4 atom stereocenters. The second-order valence-electron chi connectivity index (χ2n) is 6.91. The summed E-state index contributed by atoms with van der Waals surface area (Å²) in [6.07, 6.45) is 6.49. The van der Waals surface area contributed by atoms with Gasteiger partial charge in [-0.15, -0.1) is 0 Å². The van der Waals surface area contributed by atoms with E-state index in [9.17, 15) is 4.79 Å². The number of hydrogen-bond donors (Lipinski definition) is 3. The van der Waals surface area contributed by atoms with Gasteiger partial charge >= 0.3 is 0 Å². The molecule has 4 rings (SSSR count). The summed E-state index contributed by atoms with van der Waals surface area (Å²) in [6.45, 7) is 0. The topological polar surface area (TPSA) is 87.7 Å². The van der Waals surface area contributed by atoms with Gasteiger partial charge in [0.05, 0.1) is 0 Å². The standard InChI is InChI=1S/C14H21N3O2/c15-12(17-19)14(4-1-5-14)13(18)16-11-9-7-2-3-8(6-7)10(9)11/h7-11,19H,1-6H2,(H2,15,17)(H,16,18). The second kappa shape index (κ2) is 3.64. The van der Waals surface area contributed by atoms with Gasteiger partial charge in [-0.3, -0.25) is 4.79 Å². The maximum absolute atomic E-state index is 12.5. The SMILES string of the molecule is NC(=NO)C1(C(=O)NC2C3C4CCC(C4)C23)CCC1. The number of fused-ring (bicyclic) bond motifs is 5. The summed E-state index contributed by atoms with van der Waals surface area (Å²) >= 11 is 0. The van der Waals surface area contributed by atoms with Crippen LogP contribution in [0.1, 0.15) is 38.5 Å². The number of nitrogens with one attached hydrogen (secondary N) is 1. The Kier molecular flexibility index (Phi) is 2.22. The number of rotatable bonds is 3. The monoisotopic (exact) mass is 263 g/mol. The first kappa shape index (κ1) is 11.6. The first-order chi connectivity index (χ1) is 9.17. The molecule has 0 aliphatic heterocycles. The maximum Gasteiger partial charge on any atom is 0.234 e. The number of hydrogen-bond acceptors (Lipinski definition) is 3. The molecule has 1 amide bonds. The molecule has 5 nitrogen and oxygen atoms in total. The van der Waals surface area contributed by atoms with Gasteiger partial charge in [-0.1, -0.05) is 11.6 Å². The highest BCUT2D eigenvalue weighted by molar-refractivity contribution is 6.07. The van der Waals surface area contributed by atoms with Crippen molar-refractivity contribution < 1.29 is 10.0 Å². The minimum atomic E-state index is -0.718. The van der Waals surface area contributed by atoms with Crippen LogP contribution in [0.15, 0.2) is 5.16 Å². The lowest BCUT2D eigenvalue weighted by Crippen LogP contribution is -2.54. The molecule has 0 saturated heterocycles. The van der Waals surface area contributed by atoms with E-state index in [2.05, 4.69) is 10.5 Å². The molecule has 4 N–H and O–H groups in total.